The van der Waals surface area contributed by atoms with Crippen molar-refractivity contribution in [3.05, 3.63) is 59.7 Å². The highest BCUT2D eigenvalue weighted by molar-refractivity contribution is 7.98. The van der Waals surface area contributed by atoms with Crippen molar-refractivity contribution in [1.29, 1.82) is 0 Å². The van der Waals surface area contributed by atoms with Crippen LogP contribution >= 0.6 is 11.8 Å². The molecule has 0 bridgehead atoms. The van der Waals surface area contributed by atoms with Crippen molar-refractivity contribution in [3.8, 4) is 11.1 Å². The number of nitrogens with zero attached hydrogens (tertiary/aromatic N) is 1. The molecule has 1 atom stereocenters. The molecule has 0 radical (unpaired) electrons. The van der Waals surface area contributed by atoms with E-state index in [4.69, 9.17) is 9.84 Å². The Labute approximate surface area is 204 Å². The number of alkyl carbamates (subject to hydrolysis) is 1. The maximum Gasteiger partial charge on any atom is 0.407 e. The summed E-state index contributed by atoms with van der Waals surface area (Å²) in [5, 5.41) is 11.8. The minimum Gasteiger partial charge on any atom is -0.480 e. The highest BCUT2D eigenvalue weighted by Gasteiger charge is 2.29. The molecule has 2 aromatic carbocycles. The Morgan fingerprint density at radius 3 is 2.29 bits per heavy atom. The average molecular weight is 485 g/mol. The Hall–Kier alpha value is -3.00. The maximum atomic E-state index is 12.4. The molecular formula is C26H32N2O5S. The number of aliphatic carboxylic acids is 1. The third kappa shape index (κ3) is 6.76. The molecule has 2 amide bonds. The lowest BCUT2D eigenvalue weighted by Gasteiger charge is -2.21. The third-order valence-electron chi connectivity index (χ3n) is 6.03. The number of benzene rings is 2. The molecule has 7 nitrogen and oxygen atoms in total. The number of nitrogens with one attached hydrogen (secondary N) is 1. The lowest BCUT2D eigenvalue weighted by atomic mass is 9.98. The van der Waals surface area contributed by atoms with Gasteiger partial charge in [-0.3, -0.25) is 9.59 Å². The topological polar surface area (TPSA) is 95.9 Å². The first-order valence-electron chi connectivity index (χ1n) is 11.5. The fourth-order valence-corrected chi connectivity index (χ4v) is 4.60. The summed E-state index contributed by atoms with van der Waals surface area (Å²) in [5.74, 6) is -0.437. The second-order valence-corrected chi connectivity index (χ2v) is 9.54. The van der Waals surface area contributed by atoms with Crippen LogP contribution < -0.4 is 5.32 Å². The lowest BCUT2D eigenvalue weighted by Crippen LogP contribution is -2.37. The summed E-state index contributed by atoms with van der Waals surface area (Å²) in [7, 11) is 0. The van der Waals surface area contributed by atoms with Crippen molar-refractivity contribution in [2.75, 3.05) is 38.2 Å². The summed E-state index contributed by atoms with van der Waals surface area (Å²) in [4.78, 5) is 37.2. The molecule has 1 aliphatic rings. The molecule has 0 heterocycles. The molecule has 0 saturated carbocycles. The number of carbonyl (C=O) groups excluding carboxylic acids is 2. The molecule has 2 N–H and O–H groups in total. The molecule has 0 aliphatic heterocycles. The van der Waals surface area contributed by atoms with Gasteiger partial charge in [-0.25, -0.2) is 4.79 Å². The van der Waals surface area contributed by atoms with Gasteiger partial charge in [0.15, 0.2) is 0 Å². The second kappa shape index (κ2) is 12.5. The van der Waals surface area contributed by atoms with E-state index < -0.39 is 12.1 Å². The van der Waals surface area contributed by atoms with Crippen LogP contribution in [0.1, 0.15) is 36.8 Å². The zero-order chi connectivity index (χ0) is 24.5. The van der Waals surface area contributed by atoms with Crippen molar-refractivity contribution in [1.82, 2.24) is 10.2 Å². The highest BCUT2D eigenvalue weighted by atomic mass is 32.2. The third-order valence-corrected chi connectivity index (χ3v) is 6.62. The summed E-state index contributed by atoms with van der Waals surface area (Å²) in [6.45, 7) is 2.71. The monoisotopic (exact) mass is 484 g/mol. The van der Waals surface area contributed by atoms with Crippen molar-refractivity contribution >= 4 is 29.7 Å². The Morgan fingerprint density at radius 1 is 1.09 bits per heavy atom. The Balaban J connectivity index is 1.44. The molecule has 0 spiro atoms. The van der Waals surface area contributed by atoms with Gasteiger partial charge in [0.2, 0.25) is 5.91 Å². The van der Waals surface area contributed by atoms with Gasteiger partial charge < -0.3 is 20.1 Å². The van der Waals surface area contributed by atoms with Crippen LogP contribution in [0.25, 0.3) is 11.1 Å². The molecule has 34 heavy (non-hydrogen) atoms. The van der Waals surface area contributed by atoms with Crippen LogP contribution in [0.2, 0.25) is 0 Å². The first kappa shape index (κ1) is 25.6. The number of fused-ring (bicyclic) bond motifs is 3. The van der Waals surface area contributed by atoms with Gasteiger partial charge in [0.25, 0.3) is 0 Å². The normalized spacial score (nSPS) is 13.0. The average Bonchev–Trinajstić information content (AvgIpc) is 3.16. The number of amides is 2. The van der Waals surface area contributed by atoms with Crippen LogP contribution in [0.15, 0.2) is 48.5 Å². The summed E-state index contributed by atoms with van der Waals surface area (Å²) in [6.07, 6.45) is 2.24. The smallest absolute Gasteiger partial charge is 0.407 e. The summed E-state index contributed by atoms with van der Waals surface area (Å²) >= 11 is 1.57. The standard InChI is InChI=1S/C26H32N2O5S/c1-18(11-12-24(29)28(13-14-34-2)16-25(30)31)15-27-26(32)33-17-23-21-9-5-3-7-19(21)20-8-4-6-10-22(20)23/h3-10,18,23H,11-17H2,1-2H3,(H,27,32)(H,30,31). The zero-order valence-electron chi connectivity index (χ0n) is 19.7. The zero-order valence-corrected chi connectivity index (χ0v) is 20.5. The van der Waals surface area contributed by atoms with Crippen molar-refractivity contribution in [3.63, 3.8) is 0 Å². The number of thioether (sulfide) groups is 1. The predicted molar refractivity (Wildman–Crippen MR) is 134 cm³/mol. The molecule has 8 heteroatoms. The number of hydrogen-bond donors (Lipinski definition) is 2. The van der Waals surface area contributed by atoms with E-state index in [1.807, 2.05) is 37.4 Å². The van der Waals surface area contributed by atoms with Gasteiger partial charge in [0.1, 0.15) is 13.2 Å². The van der Waals surface area contributed by atoms with E-state index in [1.54, 1.807) is 11.8 Å². The van der Waals surface area contributed by atoms with Crippen molar-refractivity contribution in [2.24, 2.45) is 5.92 Å². The van der Waals surface area contributed by atoms with E-state index in [-0.39, 0.29) is 37.3 Å². The Bertz CT molecular complexity index is 967. The van der Waals surface area contributed by atoms with Gasteiger partial charge in [0.05, 0.1) is 0 Å². The maximum absolute atomic E-state index is 12.4. The number of ether oxygens (including phenoxy) is 1. The van der Waals surface area contributed by atoms with Gasteiger partial charge in [-0.15, -0.1) is 0 Å². The van der Waals surface area contributed by atoms with Gasteiger partial charge in [-0.2, -0.15) is 11.8 Å². The predicted octanol–water partition coefficient (Wildman–Crippen LogP) is 4.22. The number of hydrogen-bond acceptors (Lipinski definition) is 5. The van der Waals surface area contributed by atoms with E-state index in [9.17, 15) is 14.4 Å². The molecule has 1 unspecified atom stereocenters. The van der Waals surface area contributed by atoms with Gasteiger partial charge >= 0.3 is 12.1 Å². The fourth-order valence-electron chi connectivity index (χ4n) is 4.19. The molecule has 182 valence electrons. The van der Waals surface area contributed by atoms with Crippen LogP contribution in [0, 0.1) is 5.92 Å². The molecule has 1 aliphatic carbocycles. The van der Waals surface area contributed by atoms with Crippen molar-refractivity contribution < 1.29 is 24.2 Å². The minimum atomic E-state index is -1.01. The SMILES string of the molecule is CSCCN(CC(=O)O)C(=O)CCC(C)CNC(=O)OCC1c2ccccc2-c2ccccc21. The first-order chi connectivity index (χ1) is 16.4. The molecule has 0 aromatic heterocycles. The van der Waals surface area contributed by atoms with E-state index in [0.717, 1.165) is 11.1 Å². The summed E-state index contributed by atoms with van der Waals surface area (Å²) in [6, 6.07) is 16.4. The second-order valence-electron chi connectivity index (χ2n) is 8.55. The molecule has 0 saturated heterocycles. The highest BCUT2D eigenvalue weighted by Crippen LogP contribution is 2.44. The van der Waals surface area contributed by atoms with E-state index in [1.165, 1.54) is 16.0 Å². The first-order valence-corrected chi connectivity index (χ1v) is 12.9. The van der Waals surface area contributed by atoms with Gasteiger partial charge in [-0.05, 0) is 40.8 Å². The van der Waals surface area contributed by atoms with E-state index >= 15 is 0 Å². The van der Waals surface area contributed by atoms with Crippen LogP contribution in [0.4, 0.5) is 4.79 Å². The van der Waals surface area contributed by atoms with E-state index in [0.29, 0.717) is 25.3 Å². The fraction of sp³-hybridized carbons (Fsp3) is 0.423. The number of carbonyl (C=O) groups is 3. The van der Waals surface area contributed by atoms with Gasteiger partial charge in [-0.1, -0.05) is 55.5 Å². The molecular weight excluding hydrogens is 452 g/mol. The van der Waals surface area contributed by atoms with E-state index in [2.05, 4.69) is 29.6 Å². The molecule has 2 aromatic rings. The van der Waals surface area contributed by atoms with Crippen molar-refractivity contribution in [2.45, 2.75) is 25.7 Å². The minimum absolute atomic E-state index is 0.00898. The largest absolute Gasteiger partial charge is 0.480 e. The van der Waals surface area contributed by atoms with Crippen LogP contribution in [-0.4, -0.2) is 66.2 Å². The Morgan fingerprint density at radius 2 is 1.71 bits per heavy atom. The van der Waals surface area contributed by atoms with Crippen LogP contribution in [0.3, 0.4) is 0 Å². The molecule has 3 rings (SSSR count). The quantitative estimate of drug-likeness (QED) is 0.468. The molecule has 0 fully saturated rings. The van der Waals surface area contributed by atoms with Gasteiger partial charge in [0, 0.05) is 31.2 Å². The number of carboxylic acid groups (broad SMARTS) is 1. The van der Waals surface area contributed by atoms with Crippen LogP contribution in [0.5, 0.6) is 0 Å². The lowest BCUT2D eigenvalue weighted by molar-refractivity contribution is -0.144. The Kier molecular flexibility index (Phi) is 9.39. The summed E-state index contributed by atoms with van der Waals surface area (Å²) < 4.78 is 5.55. The number of rotatable bonds is 12. The number of carboxylic acids is 1. The summed E-state index contributed by atoms with van der Waals surface area (Å²) in [5.41, 5.74) is 4.69. The van der Waals surface area contributed by atoms with Crippen LogP contribution in [-0.2, 0) is 14.3 Å².